The summed E-state index contributed by atoms with van der Waals surface area (Å²) in [6.07, 6.45) is 0. The molecule has 26 heavy (non-hydrogen) atoms. The molecule has 0 radical (unpaired) electrons. The Morgan fingerprint density at radius 1 is 1.23 bits per heavy atom. The van der Waals surface area contributed by atoms with Crippen molar-refractivity contribution in [2.24, 2.45) is 0 Å². The Bertz CT molecular complexity index is 939. The lowest BCUT2D eigenvalue weighted by atomic mass is 10.2. The molecule has 0 saturated carbocycles. The Balaban J connectivity index is 1.82. The molecule has 0 saturated heterocycles. The van der Waals surface area contributed by atoms with Crippen LogP contribution < -0.4 is 5.32 Å². The molecular weight excluding hydrogens is 370 g/mol. The van der Waals surface area contributed by atoms with E-state index in [1.807, 2.05) is 0 Å². The SMILES string of the molecule is CC(Nc1c(F)cc([N+](=O)[O-])cc1F)c1nc(-c2ccc(Cl)cc2)no1. The first kappa shape index (κ1) is 17.7. The molecule has 1 N–H and O–H groups in total. The Morgan fingerprint density at radius 3 is 2.42 bits per heavy atom. The van der Waals surface area contributed by atoms with Gasteiger partial charge in [-0.25, -0.2) is 8.78 Å². The fourth-order valence-corrected chi connectivity index (χ4v) is 2.33. The van der Waals surface area contributed by atoms with Crippen LogP contribution >= 0.6 is 11.6 Å². The molecule has 1 atom stereocenters. The maximum Gasteiger partial charge on any atom is 0.275 e. The first-order chi connectivity index (χ1) is 12.3. The van der Waals surface area contributed by atoms with Crippen LogP contribution in [-0.2, 0) is 0 Å². The highest BCUT2D eigenvalue weighted by atomic mass is 35.5. The fourth-order valence-electron chi connectivity index (χ4n) is 2.21. The molecular formula is C16H11ClF2N4O3. The molecule has 7 nitrogen and oxygen atoms in total. The Hall–Kier alpha value is -3.07. The van der Waals surface area contributed by atoms with Crippen molar-refractivity contribution in [1.29, 1.82) is 0 Å². The summed E-state index contributed by atoms with van der Waals surface area (Å²) in [5, 5.41) is 17.5. The van der Waals surface area contributed by atoms with Crippen LogP contribution in [0.15, 0.2) is 40.9 Å². The van der Waals surface area contributed by atoms with Crippen LogP contribution in [-0.4, -0.2) is 15.1 Å². The topological polar surface area (TPSA) is 94.1 Å². The lowest BCUT2D eigenvalue weighted by Gasteiger charge is -2.12. The van der Waals surface area contributed by atoms with Crippen molar-refractivity contribution in [3.8, 4) is 11.4 Å². The molecule has 0 amide bonds. The number of non-ortho nitro benzene ring substituents is 1. The number of anilines is 1. The van der Waals surface area contributed by atoms with Crippen LogP contribution in [0.1, 0.15) is 18.9 Å². The third-order valence-electron chi connectivity index (χ3n) is 3.51. The average molecular weight is 381 g/mol. The highest BCUT2D eigenvalue weighted by molar-refractivity contribution is 6.30. The molecule has 10 heteroatoms. The van der Waals surface area contributed by atoms with E-state index in [0.717, 1.165) is 0 Å². The number of rotatable bonds is 5. The van der Waals surface area contributed by atoms with E-state index in [1.165, 1.54) is 0 Å². The Labute approximate surface area is 150 Å². The molecule has 1 aromatic heterocycles. The molecule has 0 spiro atoms. The van der Waals surface area contributed by atoms with Gasteiger partial charge in [-0.15, -0.1) is 0 Å². The van der Waals surface area contributed by atoms with Crippen LogP contribution in [0.3, 0.4) is 0 Å². The van der Waals surface area contributed by atoms with Crippen molar-refractivity contribution in [3.05, 3.63) is 69.1 Å². The average Bonchev–Trinajstić information content (AvgIpc) is 3.08. The molecule has 134 valence electrons. The van der Waals surface area contributed by atoms with E-state index in [4.69, 9.17) is 16.1 Å². The van der Waals surface area contributed by atoms with Gasteiger partial charge in [0.15, 0.2) is 11.6 Å². The van der Waals surface area contributed by atoms with E-state index in [9.17, 15) is 18.9 Å². The fraction of sp³-hybridized carbons (Fsp3) is 0.125. The highest BCUT2D eigenvalue weighted by Crippen LogP contribution is 2.28. The van der Waals surface area contributed by atoms with E-state index >= 15 is 0 Å². The van der Waals surface area contributed by atoms with E-state index in [-0.39, 0.29) is 11.7 Å². The van der Waals surface area contributed by atoms with E-state index in [0.29, 0.717) is 22.7 Å². The molecule has 0 aliphatic carbocycles. The van der Waals surface area contributed by atoms with Crippen molar-refractivity contribution in [2.75, 3.05) is 5.32 Å². The van der Waals surface area contributed by atoms with Gasteiger partial charge >= 0.3 is 0 Å². The maximum atomic E-state index is 14.0. The second-order valence-electron chi connectivity index (χ2n) is 5.37. The van der Waals surface area contributed by atoms with Crippen LogP contribution in [0.2, 0.25) is 5.02 Å². The second kappa shape index (κ2) is 7.04. The Morgan fingerprint density at radius 2 is 1.85 bits per heavy atom. The van der Waals surface area contributed by atoms with Gasteiger partial charge in [0.25, 0.3) is 5.69 Å². The third kappa shape index (κ3) is 3.62. The number of hydrogen-bond donors (Lipinski definition) is 1. The molecule has 0 aliphatic heterocycles. The van der Waals surface area contributed by atoms with E-state index in [1.54, 1.807) is 31.2 Å². The van der Waals surface area contributed by atoms with Gasteiger partial charge in [0.1, 0.15) is 11.7 Å². The molecule has 0 bridgehead atoms. The smallest absolute Gasteiger partial charge is 0.275 e. The second-order valence-corrected chi connectivity index (χ2v) is 5.81. The van der Waals surface area contributed by atoms with Gasteiger partial charge in [0, 0.05) is 10.6 Å². The van der Waals surface area contributed by atoms with Crippen molar-refractivity contribution < 1.29 is 18.2 Å². The van der Waals surface area contributed by atoms with Crippen molar-refractivity contribution in [1.82, 2.24) is 10.1 Å². The van der Waals surface area contributed by atoms with Crippen LogP contribution in [0.4, 0.5) is 20.2 Å². The third-order valence-corrected chi connectivity index (χ3v) is 3.77. The number of hydrogen-bond acceptors (Lipinski definition) is 6. The van der Waals surface area contributed by atoms with Gasteiger partial charge in [-0.3, -0.25) is 10.1 Å². The molecule has 1 unspecified atom stereocenters. The monoisotopic (exact) mass is 380 g/mol. The Kier molecular flexibility index (Phi) is 4.81. The number of halogens is 3. The molecule has 2 aromatic carbocycles. The number of nitro benzene ring substituents is 1. The quantitative estimate of drug-likeness (QED) is 0.507. The lowest BCUT2D eigenvalue weighted by Crippen LogP contribution is -2.10. The van der Waals surface area contributed by atoms with Crippen molar-refractivity contribution in [3.63, 3.8) is 0 Å². The van der Waals surface area contributed by atoms with E-state index in [2.05, 4.69) is 15.5 Å². The predicted molar refractivity (Wildman–Crippen MR) is 89.8 cm³/mol. The first-order valence-electron chi connectivity index (χ1n) is 7.34. The summed E-state index contributed by atoms with van der Waals surface area (Å²) in [5.74, 6) is -1.82. The highest BCUT2D eigenvalue weighted by Gasteiger charge is 2.21. The lowest BCUT2D eigenvalue weighted by molar-refractivity contribution is -0.385. The number of nitrogens with one attached hydrogen (secondary N) is 1. The summed E-state index contributed by atoms with van der Waals surface area (Å²) in [4.78, 5) is 13.9. The normalized spacial score (nSPS) is 12.0. The van der Waals surface area contributed by atoms with Crippen LogP contribution in [0.5, 0.6) is 0 Å². The van der Waals surface area contributed by atoms with Gasteiger partial charge < -0.3 is 9.84 Å². The van der Waals surface area contributed by atoms with Crippen LogP contribution in [0.25, 0.3) is 11.4 Å². The molecule has 0 aliphatic rings. The van der Waals surface area contributed by atoms with Gasteiger partial charge in [-0.1, -0.05) is 16.8 Å². The number of aromatic nitrogens is 2. The minimum atomic E-state index is -1.10. The summed E-state index contributed by atoms with van der Waals surface area (Å²) in [6.45, 7) is 1.56. The maximum absolute atomic E-state index is 14.0. The summed E-state index contributed by atoms with van der Waals surface area (Å²) >= 11 is 5.82. The van der Waals surface area contributed by atoms with Gasteiger partial charge in [-0.05, 0) is 31.2 Å². The number of benzene rings is 2. The standard InChI is InChI=1S/C16H11ClF2N4O3/c1-8(20-14-12(18)6-11(23(24)25)7-13(14)19)16-21-15(22-26-16)9-2-4-10(17)5-3-9/h2-8,20H,1H3. The molecule has 1 heterocycles. The van der Waals surface area contributed by atoms with Gasteiger partial charge in [0.2, 0.25) is 11.7 Å². The largest absolute Gasteiger partial charge is 0.369 e. The van der Waals surface area contributed by atoms with Crippen LogP contribution in [0, 0.1) is 21.7 Å². The molecule has 0 fully saturated rings. The summed E-state index contributed by atoms with van der Waals surface area (Å²) in [5.41, 5.74) is -0.542. The minimum Gasteiger partial charge on any atom is -0.369 e. The van der Waals surface area contributed by atoms with Crippen molar-refractivity contribution in [2.45, 2.75) is 13.0 Å². The summed E-state index contributed by atoms with van der Waals surface area (Å²) in [7, 11) is 0. The summed E-state index contributed by atoms with van der Waals surface area (Å²) in [6, 6.07) is 7.24. The zero-order chi connectivity index (χ0) is 18.8. The van der Waals surface area contributed by atoms with Gasteiger partial charge in [-0.2, -0.15) is 4.98 Å². The predicted octanol–water partition coefficient (Wildman–Crippen LogP) is 4.75. The first-order valence-corrected chi connectivity index (χ1v) is 7.72. The zero-order valence-corrected chi connectivity index (χ0v) is 14.0. The molecule has 3 rings (SSSR count). The van der Waals surface area contributed by atoms with E-state index < -0.39 is 34.0 Å². The minimum absolute atomic E-state index is 0.0899. The number of nitro groups is 1. The summed E-state index contributed by atoms with van der Waals surface area (Å²) < 4.78 is 33.1. The van der Waals surface area contributed by atoms with Crippen molar-refractivity contribution >= 4 is 23.0 Å². The zero-order valence-electron chi connectivity index (χ0n) is 13.2. The molecule has 3 aromatic rings. The number of nitrogens with zero attached hydrogens (tertiary/aromatic N) is 3. The van der Waals surface area contributed by atoms with Gasteiger partial charge in [0.05, 0.1) is 17.1 Å².